The highest BCUT2D eigenvalue weighted by atomic mass is 14.3. The number of rotatable bonds is 1. The normalized spacial score (nSPS) is 17.8. The van der Waals surface area contributed by atoms with Gasteiger partial charge in [-0.25, -0.2) is 0 Å². The van der Waals surface area contributed by atoms with Crippen molar-refractivity contribution in [2.24, 2.45) is 0 Å². The maximum Gasteiger partial charge on any atom is -0.0114 e. The van der Waals surface area contributed by atoms with Crippen molar-refractivity contribution >= 4 is 0 Å². The van der Waals surface area contributed by atoms with Gasteiger partial charge in [0.1, 0.15) is 0 Å². The molecule has 0 heteroatoms. The maximum atomic E-state index is 2.36. The largest absolute Gasteiger partial charge is 0.0620 e. The lowest BCUT2D eigenvalue weighted by Gasteiger charge is -2.14. The van der Waals surface area contributed by atoms with Gasteiger partial charge in [0.25, 0.3) is 0 Å². The Labute approximate surface area is 109 Å². The van der Waals surface area contributed by atoms with Crippen LogP contribution >= 0.6 is 0 Å². The summed E-state index contributed by atoms with van der Waals surface area (Å²) >= 11 is 0. The van der Waals surface area contributed by atoms with Gasteiger partial charge < -0.3 is 0 Å². The molecule has 0 heterocycles. The first kappa shape index (κ1) is 10.4. The van der Waals surface area contributed by atoms with Crippen LogP contribution in [0.1, 0.15) is 41.9 Å². The number of hydrogen-bond donors (Lipinski definition) is 0. The molecule has 2 aliphatic carbocycles. The summed E-state index contributed by atoms with van der Waals surface area (Å²) in [4.78, 5) is 0. The molecular weight excluding hydrogens is 216 g/mol. The monoisotopic (exact) mass is 234 g/mol. The van der Waals surface area contributed by atoms with Gasteiger partial charge in [-0.05, 0) is 65.8 Å². The van der Waals surface area contributed by atoms with Crippen LogP contribution in [-0.2, 0) is 12.8 Å². The molecule has 0 aliphatic heterocycles. The molecular formula is C18H18. The van der Waals surface area contributed by atoms with Crippen molar-refractivity contribution in [3.8, 4) is 11.1 Å². The molecule has 2 aromatic carbocycles. The molecule has 2 aliphatic rings. The van der Waals surface area contributed by atoms with Crippen molar-refractivity contribution in [2.75, 3.05) is 0 Å². The summed E-state index contributed by atoms with van der Waals surface area (Å²) in [5, 5.41) is 0. The van der Waals surface area contributed by atoms with Gasteiger partial charge in [0.05, 0.1) is 0 Å². The number of fused-ring (bicyclic) bond motifs is 3. The first-order valence-corrected chi connectivity index (χ1v) is 7.13. The van der Waals surface area contributed by atoms with Crippen molar-refractivity contribution in [1.29, 1.82) is 0 Å². The Balaban J connectivity index is 2.00. The van der Waals surface area contributed by atoms with Gasteiger partial charge >= 0.3 is 0 Å². The molecule has 0 spiro atoms. The van der Waals surface area contributed by atoms with E-state index in [4.69, 9.17) is 0 Å². The molecule has 1 saturated carbocycles. The molecule has 0 bridgehead atoms. The highest BCUT2D eigenvalue weighted by Crippen LogP contribution is 2.47. The Bertz CT molecular complexity index is 591. The van der Waals surface area contributed by atoms with E-state index in [9.17, 15) is 0 Å². The van der Waals surface area contributed by atoms with Gasteiger partial charge in [-0.15, -0.1) is 0 Å². The van der Waals surface area contributed by atoms with Crippen LogP contribution in [0.25, 0.3) is 11.1 Å². The first-order valence-electron chi connectivity index (χ1n) is 7.13. The fraction of sp³-hybridized carbons (Fsp3) is 0.333. The average Bonchev–Trinajstić information content (AvgIpc) is 3.24. The number of benzene rings is 2. The Morgan fingerprint density at radius 3 is 2.44 bits per heavy atom. The minimum Gasteiger partial charge on any atom is -0.0620 e. The van der Waals surface area contributed by atoms with Crippen molar-refractivity contribution in [2.45, 2.75) is 38.0 Å². The van der Waals surface area contributed by atoms with Gasteiger partial charge in [-0.3, -0.25) is 0 Å². The molecule has 0 amide bonds. The van der Waals surface area contributed by atoms with E-state index in [-0.39, 0.29) is 0 Å². The topological polar surface area (TPSA) is 0 Å². The molecule has 18 heavy (non-hydrogen) atoms. The third-order valence-electron chi connectivity index (χ3n) is 4.38. The summed E-state index contributed by atoms with van der Waals surface area (Å²) in [5.41, 5.74) is 7.82. The predicted octanol–water partition coefficient (Wildman–Crippen LogP) is 4.72. The summed E-state index contributed by atoms with van der Waals surface area (Å²) in [6, 6.07) is 16.0. The molecule has 0 radical (unpaired) electrons. The second kappa shape index (κ2) is 3.98. The molecule has 0 atom stereocenters. The molecule has 0 N–H and O–H groups in total. The zero-order chi connectivity index (χ0) is 11.9. The first-order chi connectivity index (χ1) is 8.93. The van der Waals surface area contributed by atoms with Gasteiger partial charge in [-0.2, -0.15) is 0 Å². The Morgan fingerprint density at radius 2 is 1.56 bits per heavy atom. The summed E-state index contributed by atoms with van der Waals surface area (Å²) in [5.74, 6) is 0.839. The quantitative estimate of drug-likeness (QED) is 0.669. The standard InChI is InChI=1S/C18H18/c1-2-9-16-13(5-1)6-3-7-15-8-4-10-17(18(15)16)14-11-12-14/h1-2,4-5,8-10,14H,3,6-7,11-12H2. The van der Waals surface area contributed by atoms with E-state index in [0.717, 1.165) is 5.92 Å². The highest BCUT2D eigenvalue weighted by Gasteiger charge is 2.28. The second-order valence-electron chi connectivity index (χ2n) is 5.67. The number of hydrogen-bond acceptors (Lipinski definition) is 0. The van der Waals surface area contributed by atoms with E-state index in [1.165, 1.54) is 37.7 Å². The van der Waals surface area contributed by atoms with Gasteiger partial charge in [0.15, 0.2) is 0 Å². The lowest BCUT2D eigenvalue weighted by Crippen LogP contribution is -1.93. The minimum atomic E-state index is 0.839. The van der Waals surface area contributed by atoms with E-state index in [1.54, 1.807) is 22.3 Å². The Kier molecular flexibility index (Phi) is 2.29. The van der Waals surface area contributed by atoms with E-state index in [1.807, 2.05) is 0 Å². The zero-order valence-corrected chi connectivity index (χ0v) is 10.7. The van der Waals surface area contributed by atoms with E-state index >= 15 is 0 Å². The predicted molar refractivity (Wildman–Crippen MR) is 75.9 cm³/mol. The second-order valence-corrected chi connectivity index (χ2v) is 5.67. The molecule has 1 fully saturated rings. The summed E-state index contributed by atoms with van der Waals surface area (Å²) in [6.45, 7) is 0. The zero-order valence-electron chi connectivity index (χ0n) is 10.7. The van der Waals surface area contributed by atoms with E-state index < -0.39 is 0 Å². The van der Waals surface area contributed by atoms with Crippen LogP contribution < -0.4 is 0 Å². The van der Waals surface area contributed by atoms with Crippen LogP contribution in [0, 0.1) is 0 Å². The van der Waals surface area contributed by atoms with Crippen LogP contribution in [0.15, 0.2) is 42.5 Å². The molecule has 0 saturated heterocycles. The molecule has 0 aromatic heterocycles. The van der Waals surface area contributed by atoms with Gasteiger partial charge in [0, 0.05) is 0 Å². The van der Waals surface area contributed by atoms with Gasteiger partial charge in [0.2, 0.25) is 0 Å². The van der Waals surface area contributed by atoms with Crippen molar-refractivity contribution in [1.82, 2.24) is 0 Å². The highest BCUT2D eigenvalue weighted by molar-refractivity contribution is 5.75. The summed E-state index contributed by atoms with van der Waals surface area (Å²) in [6.07, 6.45) is 6.54. The Hall–Kier alpha value is -1.56. The minimum absolute atomic E-state index is 0.839. The molecule has 2 aromatic rings. The molecule has 90 valence electrons. The average molecular weight is 234 g/mol. The molecule has 0 nitrogen and oxygen atoms in total. The fourth-order valence-electron chi connectivity index (χ4n) is 3.34. The van der Waals surface area contributed by atoms with Crippen LogP contribution in [0.4, 0.5) is 0 Å². The van der Waals surface area contributed by atoms with Crippen LogP contribution in [-0.4, -0.2) is 0 Å². The Morgan fingerprint density at radius 1 is 0.778 bits per heavy atom. The van der Waals surface area contributed by atoms with Crippen molar-refractivity contribution in [3.63, 3.8) is 0 Å². The van der Waals surface area contributed by atoms with E-state index in [0.29, 0.717) is 0 Å². The molecule has 4 rings (SSSR count). The lowest BCUT2D eigenvalue weighted by atomic mass is 9.90. The SMILES string of the molecule is c1ccc2c(c1)CCCc1cccc(C3CC3)c1-2. The van der Waals surface area contributed by atoms with Crippen LogP contribution in [0.5, 0.6) is 0 Å². The number of aryl methyl sites for hydroxylation is 2. The van der Waals surface area contributed by atoms with Gasteiger partial charge in [-0.1, -0.05) is 42.5 Å². The van der Waals surface area contributed by atoms with Crippen molar-refractivity contribution in [3.05, 3.63) is 59.2 Å². The fourth-order valence-corrected chi connectivity index (χ4v) is 3.34. The van der Waals surface area contributed by atoms with Crippen LogP contribution in [0.3, 0.4) is 0 Å². The maximum absolute atomic E-state index is 2.36. The lowest BCUT2D eigenvalue weighted by molar-refractivity contribution is 0.834. The third-order valence-corrected chi connectivity index (χ3v) is 4.38. The summed E-state index contributed by atoms with van der Waals surface area (Å²) in [7, 11) is 0. The van der Waals surface area contributed by atoms with Crippen LogP contribution in [0.2, 0.25) is 0 Å². The summed E-state index contributed by atoms with van der Waals surface area (Å²) < 4.78 is 0. The molecule has 0 unspecified atom stereocenters. The third kappa shape index (κ3) is 1.59. The van der Waals surface area contributed by atoms with Crippen molar-refractivity contribution < 1.29 is 0 Å². The van der Waals surface area contributed by atoms with E-state index in [2.05, 4.69) is 42.5 Å². The smallest absolute Gasteiger partial charge is 0.0114 e.